The number of aromatic nitrogens is 2. The SMILES string of the molecule is CC(C(OCCOc1ccc(Cl)cc1Cl)c1ccc(Cl)cc1Cl)n1ccnc1.O=[N+]([O-])O. The van der Waals surface area contributed by atoms with Crippen molar-refractivity contribution in [3.63, 3.8) is 0 Å². The van der Waals surface area contributed by atoms with Crippen LogP contribution >= 0.6 is 46.4 Å². The lowest BCUT2D eigenvalue weighted by Crippen LogP contribution is -2.20. The van der Waals surface area contributed by atoms with Crippen LogP contribution in [0.15, 0.2) is 55.1 Å². The van der Waals surface area contributed by atoms with E-state index in [2.05, 4.69) is 4.98 Å². The summed E-state index contributed by atoms with van der Waals surface area (Å²) in [7, 11) is 0. The zero-order valence-corrected chi connectivity index (χ0v) is 19.7. The number of nitrogens with zero attached hydrogens (tertiary/aromatic N) is 3. The van der Waals surface area contributed by atoms with E-state index >= 15 is 0 Å². The molecule has 1 N–H and O–H groups in total. The van der Waals surface area contributed by atoms with Crippen LogP contribution in [0.5, 0.6) is 5.75 Å². The van der Waals surface area contributed by atoms with Crippen molar-refractivity contribution >= 4 is 46.4 Å². The monoisotopic (exact) mass is 521 g/mol. The van der Waals surface area contributed by atoms with Gasteiger partial charge in [-0.1, -0.05) is 52.5 Å². The lowest BCUT2D eigenvalue weighted by atomic mass is 10.0. The molecule has 8 nitrogen and oxygen atoms in total. The van der Waals surface area contributed by atoms with Crippen LogP contribution in [0.4, 0.5) is 0 Å². The summed E-state index contributed by atoms with van der Waals surface area (Å²) in [6, 6.07) is 10.4. The maximum Gasteiger partial charge on any atom is 0.291 e. The van der Waals surface area contributed by atoms with Crippen LogP contribution in [0, 0.1) is 10.1 Å². The van der Waals surface area contributed by atoms with Crippen LogP contribution in [0.25, 0.3) is 0 Å². The van der Waals surface area contributed by atoms with Gasteiger partial charge in [0.05, 0.1) is 24.0 Å². The van der Waals surface area contributed by atoms with Crippen LogP contribution in [0.2, 0.25) is 20.1 Å². The van der Waals surface area contributed by atoms with Crippen molar-refractivity contribution in [2.75, 3.05) is 13.2 Å². The number of benzene rings is 2. The average molecular weight is 523 g/mol. The summed E-state index contributed by atoms with van der Waals surface area (Å²) in [6.07, 6.45) is 5.04. The molecule has 2 atom stereocenters. The van der Waals surface area contributed by atoms with Crippen molar-refractivity contribution < 1.29 is 19.8 Å². The first-order chi connectivity index (χ1) is 15.2. The van der Waals surface area contributed by atoms with Crippen molar-refractivity contribution in [1.29, 1.82) is 0 Å². The zero-order valence-electron chi connectivity index (χ0n) is 16.7. The van der Waals surface area contributed by atoms with Gasteiger partial charge in [0.15, 0.2) is 0 Å². The van der Waals surface area contributed by atoms with Crippen molar-refractivity contribution in [3.8, 4) is 5.75 Å². The first-order valence-electron chi connectivity index (χ1n) is 9.14. The molecular formula is C20H19Cl4N3O5. The highest BCUT2D eigenvalue weighted by Crippen LogP contribution is 2.35. The summed E-state index contributed by atoms with van der Waals surface area (Å²) in [5, 5.41) is 15.8. The minimum atomic E-state index is -1.50. The van der Waals surface area contributed by atoms with Crippen LogP contribution in [0.3, 0.4) is 0 Å². The Bertz CT molecular complexity index is 1020. The Labute approximate surface area is 204 Å². The summed E-state index contributed by atoms with van der Waals surface area (Å²) in [5.41, 5.74) is 0.844. The van der Waals surface area contributed by atoms with Gasteiger partial charge in [-0.25, -0.2) is 4.98 Å². The number of ether oxygens (including phenoxy) is 2. The van der Waals surface area contributed by atoms with Gasteiger partial charge in [-0.05, 0) is 37.3 Å². The second-order valence-corrected chi connectivity index (χ2v) is 8.06. The molecule has 0 radical (unpaired) electrons. The summed E-state index contributed by atoms with van der Waals surface area (Å²) >= 11 is 24.5. The van der Waals surface area contributed by atoms with Crippen LogP contribution in [0.1, 0.15) is 24.6 Å². The molecule has 2 aromatic carbocycles. The fraction of sp³-hybridized carbons (Fsp3) is 0.250. The molecule has 0 bridgehead atoms. The number of halogens is 4. The molecule has 3 rings (SSSR count). The quantitative estimate of drug-likeness (QED) is 0.204. The molecule has 32 heavy (non-hydrogen) atoms. The molecule has 1 heterocycles. The molecule has 12 heteroatoms. The Morgan fingerprint density at radius 2 is 1.72 bits per heavy atom. The van der Waals surface area contributed by atoms with Crippen LogP contribution in [-0.4, -0.2) is 33.1 Å². The van der Waals surface area contributed by atoms with E-state index in [1.165, 1.54) is 0 Å². The Kier molecular flexibility index (Phi) is 10.3. The van der Waals surface area contributed by atoms with Crippen LogP contribution in [-0.2, 0) is 4.74 Å². The Morgan fingerprint density at radius 3 is 2.28 bits per heavy atom. The standard InChI is InChI=1S/C20H18Cl4N2O2.HNO3/c1-13(26-7-6-25-12-26)20(16-4-2-14(21)10-17(16)23)28-9-8-27-19-5-3-15(22)11-18(19)24;2-1(3)4/h2-7,10-13,20H,8-9H2,1H3;(H,2,3,4). The first kappa shape index (κ1) is 26.0. The van der Waals surface area contributed by atoms with Gasteiger partial charge in [0.2, 0.25) is 0 Å². The lowest BCUT2D eigenvalue weighted by Gasteiger charge is -2.27. The summed E-state index contributed by atoms with van der Waals surface area (Å²) < 4.78 is 13.8. The van der Waals surface area contributed by atoms with E-state index in [0.717, 1.165) is 5.56 Å². The van der Waals surface area contributed by atoms with Gasteiger partial charge in [0.1, 0.15) is 18.5 Å². The summed E-state index contributed by atoms with van der Waals surface area (Å²) in [4.78, 5) is 12.5. The number of imidazole rings is 1. The largest absolute Gasteiger partial charge is 0.490 e. The second kappa shape index (κ2) is 12.7. The van der Waals surface area contributed by atoms with Gasteiger partial charge < -0.3 is 19.2 Å². The maximum atomic E-state index is 8.36. The highest BCUT2D eigenvalue weighted by atomic mass is 35.5. The molecule has 0 aliphatic heterocycles. The number of rotatable bonds is 8. The van der Waals surface area contributed by atoms with E-state index in [1.54, 1.807) is 42.9 Å². The van der Waals surface area contributed by atoms with Gasteiger partial charge >= 0.3 is 0 Å². The van der Waals surface area contributed by atoms with Gasteiger partial charge in [-0.3, -0.25) is 0 Å². The van der Waals surface area contributed by atoms with Crippen LogP contribution < -0.4 is 4.74 Å². The van der Waals surface area contributed by atoms with E-state index < -0.39 is 5.09 Å². The fourth-order valence-corrected chi connectivity index (χ4v) is 3.79. The minimum absolute atomic E-state index is 0.0414. The van der Waals surface area contributed by atoms with Gasteiger partial charge in [-0.15, -0.1) is 10.1 Å². The molecule has 172 valence electrons. The van der Waals surface area contributed by atoms with E-state index in [0.29, 0.717) is 39.1 Å². The first-order valence-corrected chi connectivity index (χ1v) is 10.6. The maximum absolute atomic E-state index is 8.36. The van der Waals surface area contributed by atoms with Crippen molar-refractivity contribution in [2.45, 2.75) is 19.1 Å². The highest BCUT2D eigenvalue weighted by Gasteiger charge is 2.24. The Hall–Kier alpha value is -2.23. The van der Waals surface area contributed by atoms with E-state index in [1.807, 2.05) is 23.8 Å². The molecule has 0 saturated carbocycles. The molecule has 0 amide bonds. The predicted octanol–water partition coefficient (Wildman–Crippen LogP) is 6.55. The van der Waals surface area contributed by atoms with E-state index in [-0.39, 0.29) is 12.1 Å². The molecule has 0 spiro atoms. The highest BCUT2D eigenvalue weighted by molar-refractivity contribution is 6.35. The Balaban J connectivity index is 0.000000837. The number of hydrogen-bond donors (Lipinski definition) is 1. The van der Waals surface area contributed by atoms with Gasteiger partial charge in [-0.2, -0.15) is 0 Å². The van der Waals surface area contributed by atoms with Crippen molar-refractivity contribution in [2.24, 2.45) is 0 Å². The van der Waals surface area contributed by atoms with Crippen molar-refractivity contribution in [3.05, 3.63) is 90.9 Å². The average Bonchev–Trinajstić information content (AvgIpc) is 3.24. The molecule has 2 unspecified atom stereocenters. The summed E-state index contributed by atoms with van der Waals surface area (Å²) in [6.45, 7) is 2.69. The topological polar surface area (TPSA) is 99.7 Å². The van der Waals surface area contributed by atoms with Gasteiger partial charge in [0.25, 0.3) is 5.09 Å². The third-order valence-electron chi connectivity index (χ3n) is 4.23. The molecule has 0 aliphatic rings. The third kappa shape index (κ3) is 8.03. The number of hydrogen-bond acceptors (Lipinski definition) is 5. The lowest BCUT2D eigenvalue weighted by molar-refractivity contribution is -0.742. The molecule has 0 fully saturated rings. The van der Waals surface area contributed by atoms with Gasteiger partial charge in [0, 0.05) is 33.0 Å². The Morgan fingerprint density at radius 1 is 1.09 bits per heavy atom. The molecule has 3 aromatic rings. The predicted molar refractivity (Wildman–Crippen MR) is 123 cm³/mol. The van der Waals surface area contributed by atoms with E-state index in [9.17, 15) is 0 Å². The van der Waals surface area contributed by atoms with E-state index in [4.69, 9.17) is 71.2 Å². The molecule has 1 aromatic heterocycles. The molecule has 0 saturated heterocycles. The third-order valence-corrected chi connectivity index (χ3v) is 5.33. The molecule has 0 aliphatic carbocycles. The smallest absolute Gasteiger partial charge is 0.291 e. The zero-order chi connectivity index (χ0) is 23.7. The fourth-order valence-electron chi connectivity index (χ4n) is 2.81. The minimum Gasteiger partial charge on any atom is -0.490 e. The summed E-state index contributed by atoms with van der Waals surface area (Å²) in [5.74, 6) is 0.554. The second-order valence-electron chi connectivity index (χ2n) is 6.37. The molecular weight excluding hydrogens is 504 g/mol. The normalized spacial score (nSPS) is 12.4. The van der Waals surface area contributed by atoms with Crippen molar-refractivity contribution in [1.82, 2.24) is 9.55 Å².